The van der Waals surface area contributed by atoms with Crippen molar-refractivity contribution >= 4 is 45.1 Å². The van der Waals surface area contributed by atoms with Gasteiger partial charge in [-0.3, -0.25) is 0 Å². The number of nitrogen functional groups attached to an aromatic ring is 1. The van der Waals surface area contributed by atoms with Gasteiger partial charge < -0.3 is 10.8 Å². The average Bonchev–Trinajstić information content (AvgIpc) is 3.38. The Labute approximate surface area is 192 Å². The number of carboxylic acids is 1. The van der Waals surface area contributed by atoms with Crippen molar-refractivity contribution in [3.05, 3.63) is 90.1 Å². The van der Waals surface area contributed by atoms with E-state index in [0.29, 0.717) is 17.3 Å². The number of aromatic carboxylic acids is 1. The molecule has 0 aliphatic carbocycles. The lowest BCUT2D eigenvalue weighted by Crippen LogP contribution is -2.03. The number of thioether (sulfide) groups is 1. The summed E-state index contributed by atoms with van der Waals surface area (Å²) in [5.41, 5.74) is 11.2. The minimum atomic E-state index is -0.970. The Hall–Kier alpha value is -3.62. The van der Waals surface area contributed by atoms with E-state index in [1.165, 1.54) is 0 Å². The van der Waals surface area contributed by atoms with Crippen molar-refractivity contribution in [3.8, 4) is 16.8 Å². The molecule has 0 saturated heterocycles. The monoisotopic (exact) mass is 458 g/mol. The summed E-state index contributed by atoms with van der Waals surface area (Å²) in [5, 5.41) is 14.0. The average molecular weight is 459 g/mol. The van der Waals surface area contributed by atoms with Gasteiger partial charge in [0.05, 0.1) is 27.2 Å². The number of benzene rings is 3. The van der Waals surface area contributed by atoms with Gasteiger partial charge in [0.1, 0.15) is 5.82 Å². The Balaban J connectivity index is 1.52. The summed E-state index contributed by atoms with van der Waals surface area (Å²) >= 11 is 3.29. The van der Waals surface area contributed by atoms with Crippen LogP contribution >= 0.6 is 23.1 Å². The van der Waals surface area contributed by atoms with Gasteiger partial charge in [-0.25, -0.2) is 14.5 Å². The Bertz CT molecular complexity index is 1380. The third kappa shape index (κ3) is 3.86. The van der Waals surface area contributed by atoms with Crippen LogP contribution in [0.25, 0.3) is 27.0 Å². The maximum atomic E-state index is 11.2. The molecular weight excluding hydrogens is 440 g/mol. The fraction of sp³-hybridized carbons (Fsp3) is 0.0417. The van der Waals surface area contributed by atoms with E-state index in [4.69, 9.17) is 15.8 Å². The summed E-state index contributed by atoms with van der Waals surface area (Å²) in [6.45, 7) is 0. The molecule has 0 bridgehead atoms. The van der Waals surface area contributed by atoms with Crippen LogP contribution in [0.2, 0.25) is 0 Å². The number of carboxylic acid groups (broad SMARTS) is 1. The van der Waals surface area contributed by atoms with Gasteiger partial charge >= 0.3 is 5.97 Å². The zero-order valence-corrected chi connectivity index (χ0v) is 18.4. The maximum absolute atomic E-state index is 11.2. The second kappa shape index (κ2) is 8.49. The second-order valence-corrected chi connectivity index (χ2v) is 9.33. The highest BCUT2D eigenvalue weighted by molar-refractivity contribution is 8.00. The smallest absolute Gasteiger partial charge is 0.335 e. The van der Waals surface area contributed by atoms with Crippen LogP contribution < -0.4 is 5.73 Å². The molecule has 3 aromatic carbocycles. The molecule has 0 radical (unpaired) electrons. The van der Waals surface area contributed by atoms with E-state index in [2.05, 4.69) is 6.07 Å². The first-order valence-corrected chi connectivity index (χ1v) is 11.7. The van der Waals surface area contributed by atoms with Gasteiger partial charge in [0.15, 0.2) is 4.34 Å². The number of hydrogen-bond donors (Lipinski definition) is 2. The molecule has 0 spiro atoms. The molecule has 32 heavy (non-hydrogen) atoms. The van der Waals surface area contributed by atoms with Crippen molar-refractivity contribution < 1.29 is 9.90 Å². The molecule has 158 valence electrons. The van der Waals surface area contributed by atoms with Gasteiger partial charge in [-0.15, -0.1) is 11.3 Å². The molecule has 6 nitrogen and oxygen atoms in total. The SMILES string of the molecule is Nc1c(-c2ccccc2)c(CSc2nc3ccccc3s2)nn1-c1ccc(C(=O)O)cc1. The van der Waals surface area contributed by atoms with Crippen LogP contribution in [-0.2, 0) is 5.75 Å². The van der Waals surface area contributed by atoms with Crippen molar-refractivity contribution in [3.63, 3.8) is 0 Å². The molecule has 5 rings (SSSR count). The zero-order chi connectivity index (χ0) is 22.1. The van der Waals surface area contributed by atoms with E-state index in [0.717, 1.165) is 31.4 Å². The molecular formula is C24H18N4O2S2. The van der Waals surface area contributed by atoms with Crippen LogP contribution in [0, 0.1) is 0 Å². The summed E-state index contributed by atoms with van der Waals surface area (Å²) < 4.78 is 3.80. The highest BCUT2D eigenvalue weighted by atomic mass is 32.2. The molecule has 0 amide bonds. The summed E-state index contributed by atoms with van der Waals surface area (Å²) in [6.07, 6.45) is 0. The van der Waals surface area contributed by atoms with E-state index < -0.39 is 5.97 Å². The predicted molar refractivity (Wildman–Crippen MR) is 130 cm³/mol. The third-order valence-corrected chi connectivity index (χ3v) is 7.21. The summed E-state index contributed by atoms with van der Waals surface area (Å²) in [7, 11) is 0. The first-order chi connectivity index (χ1) is 15.6. The maximum Gasteiger partial charge on any atom is 0.335 e. The molecule has 0 aliphatic rings. The Kier molecular flexibility index (Phi) is 5.38. The van der Waals surface area contributed by atoms with Crippen LogP contribution in [0.1, 0.15) is 16.1 Å². The first kappa shape index (κ1) is 20.3. The van der Waals surface area contributed by atoms with Gasteiger partial charge in [-0.2, -0.15) is 5.10 Å². The fourth-order valence-electron chi connectivity index (χ4n) is 3.48. The number of thiazole rings is 1. The first-order valence-electron chi connectivity index (χ1n) is 9.85. The van der Waals surface area contributed by atoms with E-state index in [-0.39, 0.29) is 5.56 Å². The lowest BCUT2D eigenvalue weighted by molar-refractivity contribution is 0.0697. The van der Waals surface area contributed by atoms with Crippen LogP contribution in [0.4, 0.5) is 5.82 Å². The summed E-state index contributed by atoms with van der Waals surface area (Å²) in [6, 6.07) is 24.5. The molecule has 5 aromatic rings. The fourth-order valence-corrected chi connectivity index (χ4v) is 5.49. The highest BCUT2D eigenvalue weighted by Crippen LogP contribution is 2.37. The second-order valence-electron chi connectivity index (χ2n) is 7.07. The quantitative estimate of drug-likeness (QED) is 0.316. The van der Waals surface area contributed by atoms with Crippen molar-refractivity contribution in [2.75, 3.05) is 5.73 Å². The van der Waals surface area contributed by atoms with Crippen molar-refractivity contribution in [2.45, 2.75) is 10.1 Å². The number of anilines is 1. The largest absolute Gasteiger partial charge is 0.478 e. The highest BCUT2D eigenvalue weighted by Gasteiger charge is 2.19. The standard InChI is InChI=1S/C24H18N4O2S2/c25-22-21(15-6-2-1-3-7-15)19(14-31-24-26-18-8-4-5-9-20(18)32-24)27-28(22)17-12-10-16(11-13-17)23(29)30/h1-13H,14,25H2,(H,29,30). The normalized spacial score (nSPS) is 11.1. The molecule has 8 heteroatoms. The van der Waals surface area contributed by atoms with Crippen molar-refractivity contribution in [1.82, 2.24) is 14.8 Å². The van der Waals surface area contributed by atoms with Crippen molar-refractivity contribution in [2.24, 2.45) is 0 Å². The van der Waals surface area contributed by atoms with E-state index in [9.17, 15) is 9.90 Å². The number of para-hydroxylation sites is 1. The minimum absolute atomic E-state index is 0.217. The molecule has 2 heterocycles. The summed E-state index contributed by atoms with van der Waals surface area (Å²) in [5.74, 6) is 0.149. The minimum Gasteiger partial charge on any atom is -0.478 e. The lowest BCUT2D eigenvalue weighted by atomic mass is 10.1. The predicted octanol–water partition coefficient (Wildman–Crippen LogP) is 5.72. The molecule has 3 N–H and O–H groups in total. The topological polar surface area (TPSA) is 94.0 Å². The molecule has 0 atom stereocenters. The van der Waals surface area contributed by atoms with Crippen LogP contribution in [0.3, 0.4) is 0 Å². The van der Waals surface area contributed by atoms with Crippen LogP contribution in [-0.4, -0.2) is 25.8 Å². The van der Waals surface area contributed by atoms with Crippen LogP contribution in [0.5, 0.6) is 0 Å². The Morgan fingerprint density at radius 1 is 1.00 bits per heavy atom. The molecule has 0 aliphatic heterocycles. The van der Waals surface area contributed by atoms with Crippen molar-refractivity contribution in [1.29, 1.82) is 0 Å². The number of rotatable bonds is 6. The number of fused-ring (bicyclic) bond motifs is 1. The van der Waals surface area contributed by atoms with Gasteiger partial charge in [0.25, 0.3) is 0 Å². The van der Waals surface area contributed by atoms with Gasteiger partial charge in [0, 0.05) is 11.3 Å². The van der Waals surface area contributed by atoms with Gasteiger partial charge in [0.2, 0.25) is 0 Å². The van der Waals surface area contributed by atoms with E-state index in [1.54, 1.807) is 52.0 Å². The lowest BCUT2D eigenvalue weighted by Gasteiger charge is -2.06. The van der Waals surface area contributed by atoms with Crippen LogP contribution in [0.15, 0.2) is 83.2 Å². The summed E-state index contributed by atoms with van der Waals surface area (Å²) in [4.78, 5) is 15.9. The number of carbonyl (C=O) groups is 1. The molecule has 0 fully saturated rings. The third-order valence-electron chi connectivity index (χ3n) is 5.02. The molecule has 0 saturated carbocycles. The molecule has 0 unspecified atom stereocenters. The molecule has 2 aromatic heterocycles. The van der Waals surface area contributed by atoms with Gasteiger partial charge in [-0.1, -0.05) is 54.2 Å². The number of nitrogens with two attached hydrogens (primary N) is 1. The zero-order valence-electron chi connectivity index (χ0n) is 16.8. The van der Waals surface area contributed by atoms with Gasteiger partial charge in [-0.05, 0) is 42.0 Å². The van der Waals surface area contributed by atoms with E-state index >= 15 is 0 Å². The van der Waals surface area contributed by atoms with E-state index in [1.807, 2.05) is 48.5 Å². The number of nitrogens with zero attached hydrogens (tertiary/aromatic N) is 3. The number of hydrogen-bond acceptors (Lipinski definition) is 6. The Morgan fingerprint density at radius 2 is 1.72 bits per heavy atom. The Morgan fingerprint density at radius 3 is 2.44 bits per heavy atom. The number of aromatic nitrogens is 3.